The summed E-state index contributed by atoms with van der Waals surface area (Å²) in [6.07, 6.45) is -3.68. The van der Waals surface area contributed by atoms with Crippen LogP contribution in [0.1, 0.15) is 10.5 Å². The van der Waals surface area contributed by atoms with Gasteiger partial charge in [-0.1, -0.05) is 0 Å². The third kappa shape index (κ3) is 3.24. The first-order valence-electron chi connectivity index (χ1n) is 6.59. The maximum atomic E-state index is 12.1. The van der Waals surface area contributed by atoms with Crippen molar-refractivity contribution in [1.29, 1.82) is 0 Å². The van der Waals surface area contributed by atoms with Crippen molar-refractivity contribution in [3.63, 3.8) is 0 Å². The first-order valence-corrected chi connectivity index (χ1v) is 6.59. The fourth-order valence-electron chi connectivity index (χ4n) is 2.11. The van der Waals surface area contributed by atoms with Crippen LogP contribution in [0.3, 0.4) is 0 Å². The Hall–Kier alpha value is -2.27. The Morgan fingerprint density at radius 1 is 1.48 bits per heavy atom. The summed E-state index contributed by atoms with van der Waals surface area (Å²) in [6, 6.07) is -0.153. The Balaban J connectivity index is 2.18. The predicted octanol–water partition coefficient (Wildman–Crippen LogP) is -2.47. The van der Waals surface area contributed by atoms with Gasteiger partial charge in [-0.2, -0.15) is 0 Å². The minimum absolute atomic E-state index is 0.00237. The number of aromatic nitrogens is 1. The standard InChI is InChI=1S/C13H16N2O8/c1-22-5-2-3-14-7(9(5)17)12(20)15-8-11(19)10(18)6(4-16)23-13(8)21/h2-3,6,8,11,13,16-17,19,21H,4H2,1H3,(H,15,20)/t6?,8?,11-,13+/m1/s1. The zero-order valence-electron chi connectivity index (χ0n) is 12.0. The van der Waals surface area contributed by atoms with Crippen LogP contribution in [0.2, 0.25) is 0 Å². The lowest BCUT2D eigenvalue weighted by Crippen LogP contribution is -2.62. The smallest absolute Gasteiger partial charge is 0.274 e. The molecule has 2 rings (SSSR count). The van der Waals surface area contributed by atoms with Crippen molar-refractivity contribution < 1.29 is 39.5 Å². The van der Waals surface area contributed by atoms with E-state index >= 15 is 0 Å². The number of Topliss-reactive ketones (excluding diaryl/α,β-unsaturated/α-hetero) is 1. The summed E-state index contributed by atoms with van der Waals surface area (Å²) in [5, 5.41) is 40.5. The van der Waals surface area contributed by atoms with Crippen molar-refractivity contribution in [2.24, 2.45) is 0 Å². The van der Waals surface area contributed by atoms with Crippen molar-refractivity contribution >= 4 is 11.7 Å². The van der Waals surface area contributed by atoms with Gasteiger partial charge in [0.15, 0.2) is 29.3 Å². The molecule has 1 aliphatic heterocycles. The number of aromatic hydroxyl groups is 1. The predicted molar refractivity (Wildman–Crippen MR) is 72.7 cm³/mol. The molecule has 1 aromatic rings. The molecule has 126 valence electrons. The zero-order valence-corrected chi connectivity index (χ0v) is 12.0. The first-order chi connectivity index (χ1) is 10.9. The summed E-state index contributed by atoms with van der Waals surface area (Å²) < 4.78 is 9.65. The molecule has 1 aromatic heterocycles. The van der Waals surface area contributed by atoms with Gasteiger partial charge in [-0.15, -0.1) is 0 Å². The molecule has 23 heavy (non-hydrogen) atoms. The van der Waals surface area contributed by atoms with Gasteiger partial charge in [0, 0.05) is 12.3 Å². The van der Waals surface area contributed by atoms with E-state index in [1.807, 2.05) is 0 Å². The van der Waals surface area contributed by atoms with E-state index in [-0.39, 0.29) is 5.75 Å². The maximum Gasteiger partial charge on any atom is 0.274 e. The van der Waals surface area contributed by atoms with Crippen LogP contribution in [0.4, 0.5) is 0 Å². The van der Waals surface area contributed by atoms with Gasteiger partial charge in [0.2, 0.25) is 0 Å². The van der Waals surface area contributed by atoms with E-state index in [1.165, 1.54) is 19.4 Å². The highest BCUT2D eigenvalue weighted by Crippen LogP contribution is 2.27. The molecule has 0 aliphatic carbocycles. The summed E-state index contributed by atoms with van der Waals surface area (Å²) in [5.41, 5.74) is -0.416. The van der Waals surface area contributed by atoms with Crippen LogP contribution in [-0.4, -0.2) is 75.4 Å². The number of hydrogen-bond acceptors (Lipinski definition) is 9. The highest BCUT2D eigenvalue weighted by Gasteiger charge is 2.44. The van der Waals surface area contributed by atoms with Crippen molar-refractivity contribution in [2.75, 3.05) is 13.7 Å². The van der Waals surface area contributed by atoms with E-state index in [0.717, 1.165) is 0 Å². The first kappa shape index (κ1) is 17.1. The molecule has 0 radical (unpaired) electrons. The summed E-state index contributed by atoms with van der Waals surface area (Å²) in [7, 11) is 1.28. The van der Waals surface area contributed by atoms with Crippen molar-refractivity contribution in [1.82, 2.24) is 10.3 Å². The monoisotopic (exact) mass is 328 g/mol. The molecule has 2 unspecified atom stereocenters. The quantitative estimate of drug-likeness (QED) is 0.404. The average Bonchev–Trinajstić information content (AvgIpc) is 2.54. The number of amides is 1. The molecular weight excluding hydrogens is 312 g/mol. The van der Waals surface area contributed by atoms with Crippen LogP contribution in [-0.2, 0) is 9.53 Å². The minimum Gasteiger partial charge on any atom is -0.503 e. The van der Waals surface area contributed by atoms with Gasteiger partial charge in [0.05, 0.1) is 13.7 Å². The molecule has 0 bridgehead atoms. The molecule has 1 aliphatic rings. The number of carbonyl (C=O) groups is 2. The highest BCUT2D eigenvalue weighted by atomic mass is 16.6. The van der Waals surface area contributed by atoms with Gasteiger partial charge in [0.25, 0.3) is 5.91 Å². The second-order valence-corrected chi connectivity index (χ2v) is 4.75. The van der Waals surface area contributed by atoms with Crippen LogP contribution in [0.5, 0.6) is 11.5 Å². The van der Waals surface area contributed by atoms with Gasteiger partial charge in [0.1, 0.15) is 18.2 Å². The van der Waals surface area contributed by atoms with E-state index in [1.54, 1.807) is 0 Å². The van der Waals surface area contributed by atoms with Crippen molar-refractivity contribution in [3.8, 4) is 11.5 Å². The highest BCUT2D eigenvalue weighted by molar-refractivity contribution is 5.97. The number of aliphatic hydroxyl groups is 3. The topological polar surface area (TPSA) is 158 Å². The van der Waals surface area contributed by atoms with Crippen LogP contribution < -0.4 is 10.1 Å². The molecule has 5 N–H and O–H groups in total. The molecule has 1 amide bonds. The number of methoxy groups -OCH3 is 1. The summed E-state index contributed by atoms with van der Waals surface area (Å²) >= 11 is 0. The van der Waals surface area contributed by atoms with Crippen LogP contribution in [0, 0.1) is 0 Å². The number of carbonyl (C=O) groups excluding carboxylic acids is 2. The second-order valence-electron chi connectivity index (χ2n) is 4.75. The second kappa shape index (κ2) is 6.87. The summed E-state index contributed by atoms with van der Waals surface area (Å²) in [5.74, 6) is -2.37. The molecule has 10 heteroatoms. The van der Waals surface area contributed by atoms with E-state index < -0.39 is 54.3 Å². The Morgan fingerprint density at radius 3 is 2.78 bits per heavy atom. The lowest BCUT2D eigenvalue weighted by atomic mass is 9.98. The fraction of sp³-hybridized carbons (Fsp3) is 0.462. The van der Waals surface area contributed by atoms with E-state index in [0.29, 0.717) is 0 Å². The lowest BCUT2D eigenvalue weighted by Gasteiger charge is -2.35. The Morgan fingerprint density at radius 2 is 2.17 bits per heavy atom. The number of aliphatic hydroxyl groups excluding tert-OH is 3. The van der Waals surface area contributed by atoms with Crippen molar-refractivity contribution in [3.05, 3.63) is 18.0 Å². The largest absolute Gasteiger partial charge is 0.503 e. The normalized spacial score (nSPS) is 27.6. The van der Waals surface area contributed by atoms with E-state index in [9.17, 15) is 24.9 Å². The Labute approximate surface area is 130 Å². The molecule has 1 fully saturated rings. The van der Waals surface area contributed by atoms with E-state index in [2.05, 4.69) is 10.3 Å². The van der Waals surface area contributed by atoms with Gasteiger partial charge in [-0.3, -0.25) is 9.59 Å². The fourth-order valence-corrected chi connectivity index (χ4v) is 2.11. The number of rotatable bonds is 4. The summed E-state index contributed by atoms with van der Waals surface area (Å²) in [4.78, 5) is 27.5. The van der Waals surface area contributed by atoms with Crippen LogP contribution in [0.25, 0.3) is 0 Å². The molecule has 0 aromatic carbocycles. The minimum atomic E-state index is -1.78. The molecule has 0 saturated carbocycles. The zero-order chi connectivity index (χ0) is 17.1. The van der Waals surface area contributed by atoms with E-state index in [4.69, 9.17) is 14.6 Å². The number of nitrogens with one attached hydrogen (secondary N) is 1. The maximum absolute atomic E-state index is 12.1. The third-order valence-corrected chi connectivity index (χ3v) is 3.35. The summed E-state index contributed by atoms with van der Waals surface area (Å²) in [6.45, 7) is -0.716. The lowest BCUT2D eigenvalue weighted by molar-refractivity contribution is -0.208. The van der Waals surface area contributed by atoms with Gasteiger partial charge in [-0.05, 0) is 0 Å². The van der Waals surface area contributed by atoms with Crippen molar-refractivity contribution in [2.45, 2.75) is 24.5 Å². The van der Waals surface area contributed by atoms with Crippen LogP contribution >= 0.6 is 0 Å². The molecular formula is C13H16N2O8. The Bertz CT molecular complexity index is 608. The third-order valence-electron chi connectivity index (χ3n) is 3.35. The molecule has 4 atom stereocenters. The molecule has 0 spiro atoms. The molecule has 10 nitrogen and oxygen atoms in total. The van der Waals surface area contributed by atoms with Gasteiger partial charge < -0.3 is 35.2 Å². The SMILES string of the molecule is COc1ccnc(C(=O)NC2[C@@H](O)OC(CO)C(=O)[C@@H]2O)c1O. The number of ether oxygens (including phenoxy) is 2. The van der Waals surface area contributed by atoms with Gasteiger partial charge >= 0.3 is 0 Å². The number of pyridine rings is 1. The van der Waals surface area contributed by atoms with Crippen LogP contribution in [0.15, 0.2) is 12.3 Å². The number of nitrogens with zero attached hydrogens (tertiary/aromatic N) is 1. The number of ketones is 1. The Kier molecular flexibility index (Phi) is 5.11. The number of hydrogen-bond donors (Lipinski definition) is 5. The average molecular weight is 328 g/mol. The molecule has 2 heterocycles. The molecule has 1 saturated heterocycles. The van der Waals surface area contributed by atoms with Gasteiger partial charge in [-0.25, -0.2) is 4.98 Å².